The molecule has 0 saturated heterocycles. The van der Waals surface area contributed by atoms with E-state index in [9.17, 15) is 31.1 Å². The van der Waals surface area contributed by atoms with Gasteiger partial charge in [-0.3, -0.25) is 4.79 Å². The van der Waals surface area contributed by atoms with Crippen LogP contribution in [0.1, 0.15) is 19.3 Å². The Balaban J connectivity index is 2.04. The maximum atomic E-state index is 12.7. The number of aliphatic hydroxyl groups is 1. The number of carbonyl (C=O) groups is 1. The average molecular weight is 440 g/mol. The summed E-state index contributed by atoms with van der Waals surface area (Å²) in [5.41, 5.74) is -5.23. The molecular formula is C15H22F6O6Si. The zero-order valence-electron chi connectivity index (χ0n) is 15.4. The van der Waals surface area contributed by atoms with E-state index in [1.54, 1.807) is 0 Å². The van der Waals surface area contributed by atoms with Crippen LogP contribution in [-0.4, -0.2) is 65.8 Å². The van der Waals surface area contributed by atoms with Gasteiger partial charge in [-0.2, -0.15) is 26.3 Å². The highest BCUT2D eigenvalue weighted by Crippen LogP contribution is 2.58. The summed E-state index contributed by atoms with van der Waals surface area (Å²) in [6.45, 7) is -2.23. The van der Waals surface area contributed by atoms with Gasteiger partial charge >= 0.3 is 27.1 Å². The number of alkyl halides is 6. The maximum Gasteiger partial charge on any atom is 0.503 e. The summed E-state index contributed by atoms with van der Waals surface area (Å²) in [5, 5.41) is 9.08. The lowest BCUT2D eigenvalue weighted by Gasteiger charge is -2.36. The van der Waals surface area contributed by atoms with E-state index in [1.807, 2.05) is 0 Å². The van der Waals surface area contributed by atoms with Crippen molar-refractivity contribution in [3.63, 3.8) is 0 Å². The minimum Gasteiger partial charge on any atom is -0.462 e. The van der Waals surface area contributed by atoms with Crippen LogP contribution in [0.5, 0.6) is 0 Å². The Labute approximate surface area is 158 Å². The van der Waals surface area contributed by atoms with Crippen molar-refractivity contribution in [3.8, 4) is 0 Å². The van der Waals surface area contributed by atoms with E-state index >= 15 is 0 Å². The van der Waals surface area contributed by atoms with E-state index in [1.165, 1.54) is 21.3 Å². The molecule has 6 nitrogen and oxygen atoms in total. The van der Waals surface area contributed by atoms with E-state index in [0.29, 0.717) is 12.8 Å². The van der Waals surface area contributed by atoms with Crippen molar-refractivity contribution in [1.82, 2.24) is 0 Å². The molecule has 4 unspecified atom stereocenters. The van der Waals surface area contributed by atoms with Gasteiger partial charge in [0.05, 0.1) is 5.92 Å². The highest BCUT2D eigenvalue weighted by molar-refractivity contribution is 6.62. The molecular weight excluding hydrogens is 418 g/mol. The molecule has 13 heteroatoms. The lowest BCUT2D eigenvalue weighted by atomic mass is 9.88. The summed E-state index contributed by atoms with van der Waals surface area (Å²) in [6.07, 6.45) is -10.9. The Bertz CT molecular complexity index is 556. The topological polar surface area (TPSA) is 74.2 Å². The van der Waals surface area contributed by atoms with Gasteiger partial charge in [0.15, 0.2) is 0 Å². The van der Waals surface area contributed by atoms with E-state index < -0.39 is 45.3 Å². The number of hydrogen-bond donors (Lipinski definition) is 1. The SMILES string of the molecule is CO[Si](OC)(OC)C1CC2CC1CC2C(=O)OCC(O)(C(F)(F)F)C(F)(F)F. The molecule has 0 aromatic carbocycles. The first kappa shape index (κ1) is 23.4. The zero-order valence-corrected chi connectivity index (χ0v) is 16.4. The van der Waals surface area contributed by atoms with E-state index in [2.05, 4.69) is 4.74 Å². The predicted octanol–water partition coefficient (Wildman–Crippen LogP) is 2.68. The number of ether oxygens (including phenoxy) is 1. The fourth-order valence-corrected chi connectivity index (χ4v) is 7.16. The van der Waals surface area contributed by atoms with E-state index in [4.69, 9.17) is 18.4 Å². The summed E-state index contributed by atoms with van der Waals surface area (Å²) < 4.78 is 96.7. The van der Waals surface area contributed by atoms with Crippen LogP contribution >= 0.6 is 0 Å². The van der Waals surface area contributed by atoms with Gasteiger partial charge in [-0.25, -0.2) is 0 Å². The number of carbonyl (C=O) groups excluding carboxylic acids is 1. The number of halogens is 6. The monoisotopic (exact) mass is 440 g/mol. The average Bonchev–Trinajstić information content (AvgIpc) is 3.20. The van der Waals surface area contributed by atoms with Crippen molar-refractivity contribution in [2.24, 2.45) is 17.8 Å². The third kappa shape index (κ3) is 3.78. The predicted molar refractivity (Wildman–Crippen MR) is 82.9 cm³/mol. The molecule has 0 spiro atoms. The molecule has 0 aliphatic heterocycles. The third-order valence-corrected chi connectivity index (χ3v) is 9.15. The molecule has 0 radical (unpaired) electrons. The van der Waals surface area contributed by atoms with Gasteiger partial charge in [-0.1, -0.05) is 0 Å². The summed E-state index contributed by atoms with van der Waals surface area (Å²) in [5.74, 6) is -2.40. The van der Waals surface area contributed by atoms with Gasteiger partial charge in [0.25, 0.3) is 5.60 Å². The second-order valence-electron chi connectivity index (χ2n) is 7.12. The van der Waals surface area contributed by atoms with Gasteiger partial charge < -0.3 is 23.1 Å². The molecule has 2 aliphatic carbocycles. The molecule has 0 aromatic heterocycles. The van der Waals surface area contributed by atoms with Crippen molar-refractivity contribution in [2.45, 2.75) is 42.8 Å². The van der Waals surface area contributed by atoms with Crippen molar-refractivity contribution >= 4 is 14.8 Å². The Hall–Kier alpha value is -0.893. The summed E-state index contributed by atoms with van der Waals surface area (Å²) >= 11 is 0. The molecule has 2 aliphatic rings. The number of rotatable bonds is 7. The van der Waals surface area contributed by atoms with Crippen LogP contribution in [0.2, 0.25) is 5.54 Å². The molecule has 2 rings (SSSR count). The fraction of sp³-hybridized carbons (Fsp3) is 0.933. The van der Waals surface area contributed by atoms with Gasteiger partial charge in [-0.05, 0) is 31.1 Å². The standard InChI is InChI=1S/C15H22F6O6Si/c1-24-28(25-2,26-3)11-6-8-4-9(11)5-10(8)12(22)27-7-13(23,14(16,17)18)15(19,20)21/h8-11,23H,4-7H2,1-3H3. The fourth-order valence-electron chi connectivity index (χ4n) is 4.31. The number of fused-ring (bicyclic) bond motifs is 2. The van der Waals surface area contributed by atoms with Crippen LogP contribution in [0.25, 0.3) is 0 Å². The van der Waals surface area contributed by atoms with Crippen molar-refractivity contribution < 1.29 is 54.3 Å². The molecule has 0 aromatic rings. The third-order valence-electron chi connectivity index (χ3n) is 5.83. The second-order valence-corrected chi connectivity index (χ2v) is 10.3. The largest absolute Gasteiger partial charge is 0.503 e. The highest BCUT2D eigenvalue weighted by atomic mass is 28.4. The summed E-state index contributed by atoms with van der Waals surface area (Å²) in [7, 11) is 1.32. The normalized spacial score (nSPS) is 28.6. The van der Waals surface area contributed by atoms with E-state index in [-0.39, 0.29) is 23.8 Å². The molecule has 2 bridgehead atoms. The molecule has 2 fully saturated rings. The first-order valence-corrected chi connectivity index (χ1v) is 10.2. The van der Waals surface area contributed by atoms with Crippen molar-refractivity contribution in [3.05, 3.63) is 0 Å². The lowest BCUT2D eigenvalue weighted by molar-refractivity contribution is -0.375. The second kappa shape index (κ2) is 7.74. The minimum absolute atomic E-state index is 0.0850. The molecule has 28 heavy (non-hydrogen) atoms. The van der Waals surface area contributed by atoms with Crippen LogP contribution in [0.3, 0.4) is 0 Å². The molecule has 2 saturated carbocycles. The molecule has 1 N–H and O–H groups in total. The molecule has 164 valence electrons. The van der Waals surface area contributed by atoms with Crippen LogP contribution in [0.15, 0.2) is 0 Å². The van der Waals surface area contributed by atoms with Gasteiger partial charge in [0.2, 0.25) is 0 Å². The van der Waals surface area contributed by atoms with Gasteiger partial charge in [0.1, 0.15) is 6.61 Å². The Kier molecular flexibility index (Phi) is 6.47. The van der Waals surface area contributed by atoms with Crippen molar-refractivity contribution in [2.75, 3.05) is 27.9 Å². The van der Waals surface area contributed by atoms with Gasteiger partial charge in [-0.15, -0.1) is 0 Å². The first-order valence-electron chi connectivity index (χ1n) is 8.44. The molecule has 0 heterocycles. The maximum absolute atomic E-state index is 12.7. The summed E-state index contributed by atoms with van der Waals surface area (Å²) in [4.78, 5) is 12.2. The minimum atomic E-state index is -6.04. The Morgan fingerprint density at radius 1 is 0.929 bits per heavy atom. The summed E-state index contributed by atoms with van der Waals surface area (Å²) in [6, 6.07) is 0. The van der Waals surface area contributed by atoms with Crippen molar-refractivity contribution in [1.29, 1.82) is 0 Å². The van der Waals surface area contributed by atoms with Crippen LogP contribution in [-0.2, 0) is 22.8 Å². The Morgan fingerprint density at radius 3 is 1.79 bits per heavy atom. The van der Waals surface area contributed by atoms with Crippen LogP contribution in [0.4, 0.5) is 26.3 Å². The first-order chi connectivity index (χ1) is 12.8. The highest BCUT2D eigenvalue weighted by Gasteiger charge is 2.71. The Morgan fingerprint density at radius 2 is 1.43 bits per heavy atom. The van der Waals surface area contributed by atoms with Crippen LogP contribution in [0, 0.1) is 17.8 Å². The lowest BCUT2D eigenvalue weighted by Crippen LogP contribution is -2.60. The van der Waals surface area contributed by atoms with Crippen LogP contribution < -0.4 is 0 Å². The molecule has 0 amide bonds. The van der Waals surface area contributed by atoms with E-state index in [0.717, 1.165) is 0 Å². The molecule has 4 atom stereocenters. The number of esters is 1. The smallest absolute Gasteiger partial charge is 0.462 e. The van der Waals surface area contributed by atoms with Gasteiger partial charge in [0, 0.05) is 26.9 Å². The number of hydrogen-bond acceptors (Lipinski definition) is 6. The quantitative estimate of drug-likeness (QED) is 0.373. The zero-order chi connectivity index (χ0) is 21.5.